The molecule has 0 unspecified atom stereocenters. The first-order valence-corrected chi connectivity index (χ1v) is 4.93. The van der Waals surface area contributed by atoms with E-state index >= 15 is 0 Å². The largest absolute Gasteiger partial charge is 0.389 e. The Morgan fingerprint density at radius 3 is 2.88 bits per heavy atom. The molecule has 0 aromatic carbocycles. The molecule has 1 heterocycles. The number of amides is 1. The third-order valence-corrected chi connectivity index (χ3v) is 1.83. The van der Waals surface area contributed by atoms with Crippen molar-refractivity contribution in [3.63, 3.8) is 0 Å². The van der Waals surface area contributed by atoms with Crippen LogP contribution in [0.3, 0.4) is 0 Å². The summed E-state index contributed by atoms with van der Waals surface area (Å²) in [5.41, 5.74) is 0. The summed E-state index contributed by atoms with van der Waals surface area (Å²) in [6, 6.07) is 1.26. The number of nitro groups is 1. The van der Waals surface area contributed by atoms with Crippen molar-refractivity contribution in [2.45, 2.75) is 20.4 Å². The lowest BCUT2D eigenvalue weighted by molar-refractivity contribution is -0.389. The number of rotatable bonds is 5. The Kier molecular flexibility index (Phi) is 3.98. The van der Waals surface area contributed by atoms with Gasteiger partial charge in [0.1, 0.15) is 6.54 Å². The van der Waals surface area contributed by atoms with Gasteiger partial charge in [-0.15, -0.1) is 0 Å². The highest BCUT2D eigenvalue weighted by Crippen LogP contribution is 2.04. The van der Waals surface area contributed by atoms with Gasteiger partial charge in [-0.3, -0.25) is 4.79 Å². The van der Waals surface area contributed by atoms with Gasteiger partial charge in [0.2, 0.25) is 5.91 Å². The van der Waals surface area contributed by atoms with Crippen LogP contribution >= 0.6 is 0 Å². The Morgan fingerprint density at radius 1 is 1.69 bits per heavy atom. The molecule has 0 bridgehead atoms. The zero-order valence-corrected chi connectivity index (χ0v) is 9.21. The van der Waals surface area contributed by atoms with E-state index < -0.39 is 4.92 Å². The van der Waals surface area contributed by atoms with E-state index in [0.717, 1.165) is 0 Å². The molecule has 1 N–H and O–H groups in total. The van der Waals surface area contributed by atoms with Crippen molar-refractivity contribution in [2.24, 2.45) is 5.92 Å². The van der Waals surface area contributed by atoms with E-state index in [1.54, 1.807) is 0 Å². The van der Waals surface area contributed by atoms with Crippen molar-refractivity contribution < 1.29 is 9.72 Å². The van der Waals surface area contributed by atoms with Gasteiger partial charge in [0.15, 0.2) is 0 Å². The first-order valence-electron chi connectivity index (χ1n) is 4.93. The van der Waals surface area contributed by atoms with E-state index in [1.807, 2.05) is 13.8 Å². The second kappa shape index (κ2) is 5.24. The highest BCUT2D eigenvalue weighted by molar-refractivity contribution is 5.75. The molecule has 0 atom stereocenters. The van der Waals surface area contributed by atoms with Crippen LogP contribution in [0.15, 0.2) is 12.3 Å². The standard InChI is InChI=1S/C9H14N4O3/c1-7(2)5-10-9(14)6-12-4-3-8(11-12)13(15)16/h3-4,7H,5-6H2,1-2H3,(H,10,14). The van der Waals surface area contributed by atoms with Crippen molar-refractivity contribution in [3.8, 4) is 0 Å². The van der Waals surface area contributed by atoms with Crippen LogP contribution in [0.2, 0.25) is 0 Å². The summed E-state index contributed by atoms with van der Waals surface area (Å²) in [5, 5.41) is 16.7. The fraction of sp³-hybridized carbons (Fsp3) is 0.556. The molecule has 1 rings (SSSR count). The van der Waals surface area contributed by atoms with Gasteiger partial charge < -0.3 is 15.4 Å². The van der Waals surface area contributed by atoms with E-state index in [9.17, 15) is 14.9 Å². The molecule has 1 aromatic heterocycles. The zero-order chi connectivity index (χ0) is 12.1. The maximum atomic E-state index is 11.4. The predicted octanol–water partition coefficient (Wildman–Crippen LogP) is 0.563. The third kappa shape index (κ3) is 3.68. The van der Waals surface area contributed by atoms with Gasteiger partial charge in [0, 0.05) is 6.54 Å². The van der Waals surface area contributed by atoms with Crippen LogP contribution in [0.5, 0.6) is 0 Å². The number of hydrogen-bond donors (Lipinski definition) is 1. The molecule has 7 nitrogen and oxygen atoms in total. The fourth-order valence-corrected chi connectivity index (χ4v) is 1.06. The highest BCUT2D eigenvalue weighted by Gasteiger charge is 2.13. The topological polar surface area (TPSA) is 90.1 Å². The SMILES string of the molecule is CC(C)CNC(=O)Cn1ccc([N+](=O)[O-])n1. The number of carbonyl (C=O) groups is 1. The number of hydrogen-bond acceptors (Lipinski definition) is 4. The molecular formula is C9H14N4O3. The summed E-state index contributed by atoms with van der Waals surface area (Å²) >= 11 is 0. The van der Waals surface area contributed by atoms with Crippen LogP contribution < -0.4 is 5.32 Å². The lowest BCUT2D eigenvalue weighted by Crippen LogP contribution is -2.30. The van der Waals surface area contributed by atoms with Crippen LogP contribution in [-0.2, 0) is 11.3 Å². The Morgan fingerprint density at radius 2 is 2.38 bits per heavy atom. The molecule has 0 radical (unpaired) electrons. The van der Waals surface area contributed by atoms with Gasteiger partial charge in [-0.2, -0.15) is 4.68 Å². The van der Waals surface area contributed by atoms with E-state index in [0.29, 0.717) is 12.5 Å². The summed E-state index contributed by atoms with van der Waals surface area (Å²) in [6.45, 7) is 4.56. The average Bonchev–Trinajstić information content (AvgIpc) is 2.63. The average molecular weight is 226 g/mol. The summed E-state index contributed by atoms with van der Waals surface area (Å²) in [4.78, 5) is 21.1. The predicted molar refractivity (Wildman–Crippen MR) is 56.7 cm³/mol. The molecule has 1 amide bonds. The zero-order valence-electron chi connectivity index (χ0n) is 9.21. The minimum absolute atomic E-state index is 0.000556. The van der Waals surface area contributed by atoms with Crippen LogP contribution in [0.1, 0.15) is 13.8 Å². The minimum atomic E-state index is -0.595. The first kappa shape index (κ1) is 12.2. The lowest BCUT2D eigenvalue weighted by atomic mass is 10.2. The number of nitrogens with one attached hydrogen (secondary N) is 1. The molecular weight excluding hydrogens is 212 g/mol. The van der Waals surface area contributed by atoms with Gasteiger partial charge >= 0.3 is 5.82 Å². The van der Waals surface area contributed by atoms with Gasteiger partial charge in [-0.1, -0.05) is 13.8 Å². The summed E-state index contributed by atoms with van der Waals surface area (Å²) < 4.78 is 1.24. The summed E-state index contributed by atoms with van der Waals surface area (Å²) in [7, 11) is 0. The Labute approximate surface area is 92.6 Å². The Hall–Kier alpha value is -1.92. The molecule has 0 fully saturated rings. The highest BCUT2D eigenvalue weighted by atomic mass is 16.6. The number of carbonyl (C=O) groups excluding carboxylic acids is 1. The maximum Gasteiger partial charge on any atom is 0.389 e. The van der Waals surface area contributed by atoms with Crippen LogP contribution in [0.4, 0.5) is 5.82 Å². The molecule has 0 spiro atoms. The van der Waals surface area contributed by atoms with E-state index in [2.05, 4.69) is 10.4 Å². The Balaban J connectivity index is 2.46. The van der Waals surface area contributed by atoms with Crippen molar-refractivity contribution >= 4 is 11.7 Å². The first-order chi connectivity index (χ1) is 7.49. The maximum absolute atomic E-state index is 11.4. The molecule has 7 heteroatoms. The van der Waals surface area contributed by atoms with Gasteiger partial charge in [0.25, 0.3) is 0 Å². The molecule has 0 aliphatic rings. The number of nitrogens with zero attached hydrogens (tertiary/aromatic N) is 3. The Bertz CT molecular complexity index is 386. The molecule has 1 aromatic rings. The smallest absolute Gasteiger partial charge is 0.358 e. The van der Waals surface area contributed by atoms with Crippen molar-refractivity contribution in [1.82, 2.24) is 15.1 Å². The van der Waals surface area contributed by atoms with E-state index in [-0.39, 0.29) is 18.3 Å². The van der Waals surface area contributed by atoms with Gasteiger partial charge in [-0.05, 0) is 10.8 Å². The number of aromatic nitrogens is 2. The second-order valence-corrected chi connectivity index (χ2v) is 3.83. The van der Waals surface area contributed by atoms with E-state index in [1.165, 1.54) is 16.9 Å². The normalized spacial score (nSPS) is 10.4. The van der Waals surface area contributed by atoms with Crippen LogP contribution in [0.25, 0.3) is 0 Å². The minimum Gasteiger partial charge on any atom is -0.358 e. The van der Waals surface area contributed by atoms with Gasteiger partial charge in [0.05, 0.1) is 17.4 Å². The molecule has 0 aliphatic carbocycles. The molecule has 88 valence electrons. The summed E-state index contributed by atoms with van der Waals surface area (Å²) in [5.74, 6) is -0.0840. The van der Waals surface area contributed by atoms with E-state index in [4.69, 9.17) is 0 Å². The summed E-state index contributed by atoms with van der Waals surface area (Å²) in [6.07, 6.45) is 1.41. The lowest BCUT2D eigenvalue weighted by Gasteiger charge is -2.05. The quantitative estimate of drug-likeness (QED) is 0.586. The molecule has 0 aliphatic heterocycles. The molecule has 0 saturated heterocycles. The fourth-order valence-electron chi connectivity index (χ4n) is 1.06. The molecule has 16 heavy (non-hydrogen) atoms. The van der Waals surface area contributed by atoms with Crippen LogP contribution in [0, 0.1) is 16.0 Å². The molecule has 0 saturated carbocycles. The van der Waals surface area contributed by atoms with Crippen LogP contribution in [-0.4, -0.2) is 27.2 Å². The third-order valence-electron chi connectivity index (χ3n) is 1.83. The monoisotopic (exact) mass is 226 g/mol. The van der Waals surface area contributed by atoms with Crippen molar-refractivity contribution in [3.05, 3.63) is 22.4 Å². The van der Waals surface area contributed by atoms with Crippen molar-refractivity contribution in [2.75, 3.05) is 6.54 Å². The van der Waals surface area contributed by atoms with Gasteiger partial charge in [-0.25, -0.2) is 0 Å². The van der Waals surface area contributed by atoms with Crippen molar-refractivity contribution in [1.29, 1.82) is 0 Å². The second-order valence-electron chi connectivity index (χ2n) is 3.83.